The summed E-state index contributed by atoms with van der Waals surface area (Å²) in [6.45, 7) is 10.1. The van der Waals surface area contributed by atoms with Crippen LogP contribution in [0.25, 0.3) is 0 Å². The minimum atomic E-state index is -0.00300. The number of hydrogen-bond acceptors (Lipinski definition) is 3. The molecule has 2 N–H and O–H groups in total. The van der Waals surface area contributed by atoms with E-state index in [1.807, 2.05) is 19.1 Å². The molecule has 0 aliphatic carbocycles. The smallest absolute Gasteiger partial charge is 0.119 e. The first-order chi connectivity index (χ1) is 9.03. The van der Waals surface area contributed by atoms with Gasteiger partial charge in [0.25, 0.3) is 0 Å². The Morgan fingerprint density at radius 1 is 1.21 bits per heavy atom. The van der Waals surface area contributed by atoms with Crippen molar-refractivity contribution < 1.29 is 9.84 Å². The second kappa shape index (κ2) is 7.51. The number of benzene rings is 1. The summed E-state index contributed by atoms with van der Waals surface area (Å²) in [5, 5.41) is 12.3. The summed E-state index contributed by atoms with van der Waals surface area (Å²) in [7, 11) is 0. The zero-order valence-electron chi connectivity index (χ0n) is 12.6. The maximum absolute atomic E-state index is 9.18. The lowest BCUT2D eigenvalue weighted by atomic mass is 9.82. The highest BCUT2D eigenvalue weighted by molar-refractivity contribution is 5.31. The minimum Gasteiger partial charge on any atom is -0.492 e. The van der Waals surface area contributed by atoms with Crippen LogP contribution in [0.3, 0.4) is 0 Å². The molecular weight excluding hydrogens is 238 g/mol. The number of ether oxygens (including phenoxy) is 1. The highest BCUT2D eigenvalue weighted by Crippen LogP contribution is 2.27. The van der Waals surface area contributed by atoms with Crippen LogP contribution in [0.15, 0.2) is 24.3 Å². The van der Waals surface area contributed by atoms with Crippen molar-refractivity contribution in [3.05, 3.63) is 29.8 Å². The number of likely N-dealkylation sites (N-methyl/N-ethyl adjacent to an activating group) is 1. The van der Waals surface area contributed by atoms with Crippen LogP contribution < -0.4 is 10.1 Å². The fraction of sp³-hybridized carbons (Fsp3) is 0.625. The highest BCUT2D eigenvalue weighted by atomic mass is 16.5. The van der Waals surface area contributed by atoms with Gasteiger partial charge in [-0.05, 0) is 36.1 Å². The van der Waals surface area contributed by atoms with Gasteiger partial charge >= 0.3 is 0 Å². The Kier molecular flexibility index (Phi) is 6.32. The van der Waals surface area contributed by atoms with Crippen LogP contribution in [-0.2, 0) is 5.41 Å². The molecule has 1 unspecified atom stereocenters. The minimum absolute atomic E-state index is 0.00300. The summed E-state index contributed by atoms with van der Waals surface area (Å²) in [6.07, 6.45) is 1.11. The van der Waals surface area contributed by atoms with Gasteiger partial charge in [-0.25, -0.2) is 0 Å². The van der Waals surface area contributed by atoms with Crippen molar-refractivity contribution in [2.75, 3.05) is 19.8 Å². The number of nitrogens with one attached hydrogen (secondary N) is 1. The molecule has 0 aromatic heterocycles. The third kappa shape index (κ3) is 4.84. The van der Waals surface area contributed by atoms with Crippen molar-refractivity contribution in [2.24, 2.45) is 0 Å². The maximum atomic E-state index is 9.18. The van der Waals surface area contributed by atoms with E-state index in [9.17, 15) is 5.11 Å². The number of hydrogen-bond donors (Lipinski definition) is 2. The van der Waals surface area contributed by atoms with Crippen LogP contribution in [-0.4, -0.2) is 30.9 Å². The Balaban J connectivity index is 2.57. The normalized spacial score (nSPS) is 13.3. The molecule has 0 saturated heterocycles. The van der Waals surface area contributed by atoms with E-state index in [1.165, 1.54) is 5.56 Å². The summed E-state index contributed by atoms with van der Waals surface area (Å²) >= 11 is 0. The zero-order chi connectivity index (χ0) is 14.3. The van der Waals surface area contributed by atoms with Gasteiger partial charge in [-0.1, -0.05) is 39.8 Å². The van der Waals surface area contributed by atoms with E-state index in [2.05, 4.69) is 38.2 Å². The van der Waals surface area contributed by atoms with E-state index in [-0.39, 0.29) is 18.1 Å². The summed E-state index contributed by atoms with van der Waals surface area (Å²) in [5.41, 5.74) is 1.53. The number of aliphatic hydroxyl groups is 1. The van der Waals surface area contributed by atoms with E-state index in [1.54, 1.807) is 0 Å². The molecule has 0 aliphatic rings. The number of aliphatic hydroxyl groups excluding tert-OH is 1. The molecule has 0 spiro atoms. The van der Waals surface area contributed by atoms with Crippen molar-refractivity contribution >= 4 is 0 Å². The van der Waals surface area contributed by atoms with Gasteiger partial charge in [-0.3, -0.25) is 0 Å². The predicted octanol–water partition coefficient (Wildman–Crippen LogP) is 2.72. The average Bonchev–Trinajstić information content (AvgIpc) is 2.44. The van der Waals surface area contributed by atoms with Crippen molar-refractivity contribution in [1.29, 1.82) is 0 Å². The molecule has 0 bridgehead atoms. The zero-order valence-corrected chi connectivity index (χ0v) is 12.6. The van der Waals surface area contributed by atoms with E-state index in [0.29, 0.717) is 6.61 Å². The molecule has 1 aromatic carbocycles. The fourth-order valence-electron chi connectivity index (χ4n) is 1.87. The van der Waals surface area contributed by atoms with Gasteiger partial charge in [0.15, 0.2) is 0 Å². The first-order valence-electron chi connectivity index (χ1n) is 7.11. The van der Waals surface area contributed by atoms with Gasteiger partial charge in [0.05, 0.1) is 12.6 Å². The van der Waals surface area contributed by atoms with Crippen molar-refractivity contribution in [3.63, 3.8) is 0 Å². The molecule has 1 rings (SSSR count). The quantitative estimate of drug-likeness (QED) is 0.759. The van der Waals surface area contributed by atoms with Crippen LogP contribution in [0.2, 0.25) is 0 Å². The molecule has 3 nitrogen and oxygen atoms in total. The van der Waals surface area contributed by atoms with E-state index < -0.39 is 0 Å². The standard InChI is InChI=1S/C16H27NO2/c1-5-16(3,4)13-7-9-15(10-8-13)19-12-14(11-18)17-6-2/h7-10,14,17-18H,5-6,11-12H2,1-4H3. The molecule has 0 amide bonds. The third-order valence-corrected chi connectivity index (χ3v) is 3.68. The van der Waals surface area contributed by atoms with Crippen LogP contribution in [0.1, 0.15) is 39.7 Å². The van der Waals surface area contributed by atoms with Gasteiger partial charge in [-0.2, -0.15) is 0 Å². The predicted molar refractivity (Wildman–Crippen MR) is 79.8 cm³/mol. The van der Waals surface area contributed by atoms with E-state index in [4.69, 9.17) is 4.74 Å². The van der Waals surface area contributed by atoms with Gasteiger partial charge < -0.3 is 15.2 Å². The summed E-state index contributed by atoms with van der Waals surface area (Å²) < 4.78 is 5.69. The van der Waals surface area contributed by atoms with Crippen LogP contribution >= 0.6 is 0 Å². The number of rotatable bonds is 8. The van der Waals surface area contributed by atoms with Gasteiger partial charge in [0.2, 0.25) is 0 Å². The SMILES string of the molecule is CCNC(CO)COc1ccc(C(C)(C)CC)cc1. The molecule has 19 heavy (non-hydrogen) atoms. The maximum Gasteiger partial charge on any atom is 0.119 e. The molecular formula is C16H27NO2. The molecule has 1 aromatic rings. The Morgan fingerprint density at radius 2 is 1.84 bits per heavy atom. The average molecular weight is 265 g/mol. The molecule has 3 heteroatoms. The topological polar surface area (TPSA) is 41.5 Å². The van der Waals surface area contributed by atoms with Gasteiger partial charge in [0.1, 0.15) is 12.4 Å². The van der Waals surface area contributed by atoms with Gasteiger partial charge in [0, 0.05) is 0 Å². The Hall–Kier alpha value is -1.06. The van der Waals surface area contributed by atoms with E-state index >= 15 is 0 Å². The lowest BCUT2D eigenvalue weighted by molar-refractivity contribution is 0.184. The van der Waals surface area contributed by atoms with Gasteiger partial charge in [-0.15, -0.1) is 0 Å². The van der Waals surface area contributed by atoms with E-state index in [0.717, 1.165) is 18.7 Å². The Labute approximate surface area is 117 Å². The molecule has 0 radical (unpaired) electrons. The molecule has 0 saturated carbocycles. The first kappa shape index (κ1) is 16.0. The van der Waals surface area contributed by atoms with Crippen LogP contribution in [0.5, 0.6) is 5.75 Å². The molecule has 1 atom stereocenters. The van der Waals surface area contributed by atoms with Crippen LogP contribution in [0.4, 0.5) is 0 Å². The molecule has 0 aliphatic heterocycles. The Bertz CT molecular complexity index is 360. The first-order valence-corrected chi connectivity index (χ1v) is 7.11. The van der Waals surface area contributed by atoms with Crippen LogP contribution in [0, 0.1) is 0 Å². The molecule has 0 heterocycles. The van der Waals surface area contributed by atoms with Crippen molar-refractivity contribution in [3.8, 4) is 5.75 Å². The summed E-state index contributed by atoms with van der Waals surface area (Å²) in [5.74, 6) is 0.854. The third-order valence-electron chi connectivity index (χ3n) is 3.68. The lowest BCUT2D eigenvalue weighted by Gasteiger charge is -2.23. The summed E-state index contributed by atoms with van der Waals surface area (Å²) in [4.78, 5) is 0. The second-order valence-corrected chi connectivity index (χ2v) is 5.51. The summed E-state index contributed by atoms with van der Waals surface area (Å²) in [6, 6.07) is 8.26. The molecule has 108 valence electrons. The second-order valence-electron chi connectivity index (χ2n) is 5.51. The molecule has 0 fully saturated rings. The lowest BCUT2D eigenvalue weighted by Crippen LogP contribution is -2.37. The Morgan fingerprint density at radius 3 is 2.32 bits per heavy atom. The van der Waals surface area contributed by atoms with Crippen molar-refractivity contribution in [1.82, 2.24) is 5.32 Å². The fourth-order valence-corrected chi connectivity index (χ4v) is 1.87. The largest absolute Gasteiger partial charge is 0.492 e. The highest BCUT2D eigenvalue weighted by Gasteiger charge is 2.17. The van der Waals surface area contributed by atoms with Crippen molar-refractivity contribution in [2.45, 2.75) is 45.6 Å². The monoisotopic (exact) mass is 265 g/mol.